The van der Waals surface area contributed by atoms with Gasteiger partial charge in [0.25, 0.3) is 0 Å². The van der Waals surface area contributed by atoms with Crippen molar-refractivity contribution in [1.29, 1.82) is 0 Å². The molecule has 0 radical (unpaired) electrons. The molecule has 2 aromatic rings. The monoisotopic (exact) mass is 351 g/mol. The molecule has 0 atom stereocenters. The lowest BCUT2D eigenvalue weighted by molar-refractivity contribution is -0.135. The smallest absolute Gasteiger partial charge is 0.323 e. The molecule has 0 aliphatic carbocycles. The van der Waals surface area contributed by atoms with E-state index in [2.05, 4.69) is 15.9 Å². The molecule has 0 saturated carbocycles. The SMILES string of the molecule is Cc1ccc(N(CC(=O)O)Cc2cc(F)ccc2Br)cc1. The minimum absolute atomic E-state index is 0.147. The van der Waals surface area contributed by atoms with Crippen LogP contribution in [0.25, 0.3) is 0 Å². The number of rotatable bonds is 5. The summed E-state index contributed by atoms with van der Waals surface area (Å²) < 4.78 is 14.1. The Morgan fingerprint density at radius 2 is 1.90 bits per heavy atom. The highest BCUT2D eigenvalue weighted by molar-refractivity contribution is 9.10. The molecule has 2 aromatic carbocycles. The molecule has 0 spiro atoms. The topological polar surface area (TPSA) is 40.5 Å². The van der Waals surface area contributed by atoms with Crippen LogP contribution < -0.4 is 4.90 Å². The molecule has 0 aliphatic heterocycles. The van der Waals surface area contributed by atoms with Crippen LogP contribution in [0.5, 0.6) is 0 Å². The van der Waals surface area contributed by atoms with Gasteiger partial charge < -0.3 is 10.0 Å². The lowest BCUT2D eigenvalue weighted by Crippen LogP contribution is -2.29. The van der Waals surface area contributed by atoms with Gasteiger partial charge in [0.05, 0.1) is 0 Å². The number of carbonyl (C=O) groups is 1. The third-order valence-corrected chi connectivity index (χ3v) is 3.87. The Labute approximate surface area is 131 Å². The Morgan fingerprint density at radius 1 is 1.24 bits per heavy atom. The van der Waals surface area contributed by atoms with Crippen LogP contribution in [0.3, 0.4) is 0 Å². The summed E-state index contributed by atoms with van der Waals surface area (Å²) in [4.78, 5) is 12.8. The van der Waals surface area contributed by atoms with Gasteiger partial charge in [0.15, 0.2) is 0 Å². The zero-order valence-electron chi connectivity index (χ0n) is 11.5. The minimum atomic E-state index is -0.928. The molecule has 3 nitrogen and oxygen atoms in total. The van der Waals surface area contributed by atoms with Crippen molar-refractivity contribution in [2.45, 2.75) is 13.5 Å². The second-order valence-corrected chi connectivity index (χ2v) is 5.68. The number of hydrogen-bond acceptors (Lipinski definition) is 2. The number of anilines is 1. The molecule has 1 N–H and O–H groups in total. The molecule has 0 aliphatic rings. The highest BCUT2D eigenvalue weighted by Gasteiger charge is 2.13. The van der Waals surface area contributed by atoms with Crippen molar-refractivity contribution < 1.29 is 14.3 Å². The molecule has 0 fully saturated rings. The van der Waals surface area contributed by atoms with E-state index in [1.165, 1.54) is 12.1 Å². The van der Waals surface area contributed by atoms with Crippen LogP contribution in [0.15, 0.2) is 46.9 Å². The van der Waals surface area contributed by atoms with Gasteiger partial charge in [-0.25, -0.2) is 4.39 Å². The highest BCUT2D eigenvalue weighted by atomic mass is 79.9. The van der Waals surface area contributed by atoms with Crippen molar-refractivity contribution >= 4 is 27.6 Å². The summed E-state index contributed by atoms with van der Waals surface area (Å²) in [6.45, 7) is 2.13. The fraction of sp³-hybridized carbons (Fsp3) is 0.188. The molecule has 0 heterocycles. The third kappa shape index (κ3) is 4.29. The van der Waals surface area contributed by atoms with Crippen LogP contribution in [0.4, 0.5) is 10.1 Å². The zero-order chi connectivity index (χ0) is 15.4. The molecule has 110 valence electrons. The average Bonchev–Trinajstić information content (AvgIpc) is 2.42. The predicted molar refractivity (Wildman–Crippen MR) is 84.0 cm³/mol. The second-order valence-electron chi connectivity index (χ2n) is 4.82. The van der Waals surface area contributed by atoms with E-state index in [1.807, 2.05) is 31.2 Å². The van der Waals surface area contributed by atoms with Crippen molar-refractivity contribution in [1.82, 2.24) is 0 Å². The quantitative estimate of drug-likeness (QED) is 0.885. The number of benzene rings is 2. The van der Waals surface area contributed by atoms with Crippen LogP contribution in [0.2, 0.25) is 0 Å². The maximum Gasteiger partial charge on any atom is 0.323 e. The van der Waals surface area contributed by atoms with E-state index in [4.69, 9.17) is 5.11 Å². The van der Waals surface area contributed by atoms with Gasteiger partial charge in [-0.3, -0.25) is 4.79 Å². The van der Waals surface area contributed by atoms with Gasteiger partial charge in [0.1, 0.15) is 12.4 Å². The maximum absolute atomic E-state index is 13.4. The Hall–Kier alpha value is -1.88. The summed E-state index contributed by atoms with van der Waals surface area (Å²) in [6, 6.07) is 12.0. The fourth-order valence-electron chi connectivity index (χ4n) is 2.03. The molecule has 21 heavy (non-hydrogen) atoms. The van der Waals surface area contributed by atoms with Crippen molar-refractivity contribution in [3.8, 4) is 0 Å². The largest absolute Gasteiger partial charge is 0.480 e. The molecular formula is C16H15BrFNO2. The number of nitrogens with zero attached hydrogens (tertiary/aromatic N) is 1. The molecule has 0 bridgehead atoms. The Kier molecular flexibility index (Phi) is 4.96. The second kappa shape index (κ2) is 6.72. The van der Waals surface area contributed by atoms with Gasteiger partial charge in [-0.2, -0.15) is 0 Å². The van der Waals surface area contributed by atoms with Crippen molar-refractivity contribution in [3.05, 3.63) is 63.9 Å². The van der Waals surface area contributed by atoms with Gasteiger partial charge in [-0.05, 0) is 42.8 Å². The number of aryl methyl sites for hydroxylation is 1. The molecule has 5 heteroatoms. The summed E-state index contributed by atoms with van der Waals surface area (Å²) in [7, 11) is 0. The van der Waals surface area contributed by atoms with Gasteiger partial charge in [0, 0.05) is 16.7 Å². The van der Waals surface area contributed by atoms with Crippen LogP contribution in [-0.4, -0.2) is 17.6 Å². The van der Waals surface area contributed by atoms with Gasteiger partial charge in [-0.1, -0.05) is 33.6 Å². The molecule has 0 amide bonds. The predicted octanol–water partition coefficient (Wildman–Crippen LogP) is 3.99. The first-order chi connectivity index (χ1) is 9.95. The Balaban J connectivity index is 2.30. The van der Waals surface area contributed by atoms with Crippen LogP contribution in [-0.2, 0) is 11.3 Å². The highest BCUT2D eigenvalue weighted by Crippen LogP contribution is 2.23. The van der Waals surface area contributed by atoms with Crippen molar-refractivity contribution in [3.63, 3.8) is 0 Å². The molecule has 2 rings (SSSR count). The van der Waals surface area contributed by atoms with Crippen LogP contribution in [0.1, 0.15) is 11.1 Å². The maximum atomic E-state index is 13.4. The molecule has 0 aromatic heterocycles. The van der Waals surface area contributed by atoms with E-state index in [1.54, 1.807) is 11.0 Å². The summed E-state index contributed by atoms with van der Waals surface area (Å²) in [5.74, 6) is -1.27. The van der Waals surface area contributed by atoms with Crippen LogP contribution in [0, 0.1) is 12.7 Å². The molecule has 0 unspecified atom stereocenters. The zero-order valence-corrected chi connectivity index (χ0v) is 13.1. The van der Waals surface area contributed by atoms with E-state index in [0.29, 0.717) is 12.1 Å². The first kappa shape index (κ1) is 15.5. The van der Waals surface area contributed by atoms with Gasteiger partial charge >= 0.3 is 5.97 Å². The summed E-state index contributed by atoms with van der Waals surface area (Å²) in [5, 5.41) is 9.07. The standard InChI is InChI=1S/C16H15BrFNO2/c1-11-2-5-14(6-3-11)19(10-16(20)21)9-12-8-13(18)4-7-15(12)17/h2-8H,9-10H2,1H3,(H,20,21). The van der Waals surface area contributed by atoms with Gasteiger partial charge in [-0.15, -0.1) is 0 Å². The van der Waals surface area contributed by atoms with E-state index >= 15 is 0 Å². The van der Waals surface area contributed by atoms with E-state index in [-0.39, 0.29) is 12.4 Å². The van der Waals surface area contributed by atoms with E-state index < -0.39 is 5.97 Å². The minimum Gasteiger partial charge on any atom is -0.480 e. The number of carboxylic acids is 1. The summed E-state index contributed by atoms with van der Waals surface area (Å²) in [5.41, 5.74) is 2.59. The average molecular weight is 352 g/mol. The Bertz CT molecular complexity index is 643. The van der Waals surface area contributed by atoms with Crippen molar-refractivity contribution in [2.75, 3.05) is 11.4 Å². The number of aliphatic carboxylic acids is 1. The van der Waals surface area contributed by atoms with E-state index in [9.17, 15) is 9.18 Å². The lowest BCUT2D eigenvalue weighted by Gasteiger charge is -2.23. The summed E-state index contributed by atoms with van der Waals surface area (Å²) in [6.07, 6.45) is 0. The van der Waals surface area contributed by atoms with Crippen molar-refractivity contribution in [2.24, 2.45) is 0 Å². The number of halogens is 2. The molecule has 0 saturated heterocycles. The third-order valence-electron chi connectivity index (χ3n) is 3.09. The molecular weight excluding hydrogens is 337 g/mol. The summed E-state index contributed by atoms with van der Waals surface area (Å²) >= 11 is 3.37. The fourth-order valence-corrected chi connectivity index (χ4v) is 2.40. The first-order valence-corrected chi connectivity index (χ1v) is 7.22. The number of hydrogen-bond donors (Lipinski definition) is 1. The first-order valence-electron chi connectivity index (χ1n) is 6.43. The lowest BCUT2D eigenvalue weighted by atomic mass is 10.1. The van der Waals surface area contributed by atoms with Crippen LogP contribution >= 0.6 is 15.9 Å². The number of carboxylic acid groups (broad SMARTS) is 1. The van der Waals surface area contributed by atoms with E-state index in [0.717, 1.165) is 15.7 Å². The normalized spacial score (nSPS) is 10.4. The Morgan fingerprint density at radius 3 is 2.52 bits per heavy atom. The van der Waals surface area contributed by atoms with Gasteiger partial charge in [0.2, 0.25) is 0 Å².